The van der Waals surface area contributed by atoms with E-state index in [0.717, 1.165) is 17.5 Å². The number of aromatic amines is 1. The average Bonchev–Trinajstić information content (AvgIpc) is 2.55. The van der Waals surface area contributed by atoms with E-state index in [1.165, 1.54) is 5.75 Å². The van der Waals surface area contributed by atoms with Crippen LogP contribution in [0.2, 0.25) is 0 Å². The van der Waals surface area contributed by atoms with Crippen LogP contribution in [-0.4, -0.2) is 26.4 Å². The van der Waals surface area contributed by atoms with Crippen LogP contribution in [-0.2, 0) is 0 Å². The molecule has 2 aromatic rings. The van der Waals surface area contributed by atoms with Crippen LogP contribution in [0.4, 0.5) is 0 Å². The molecule has 1 N–H and O–H groups in total. The van der Waals surface area contributed by atoms with E-state index >= 15 is 0 Å². The van der Waals surface area contributed by atoms with Crippen LogP contribution in [0.5, 0.6) is 5.88 Å². The highest BCUT2D eigenvalue weighted by Crippen LogP contribution is 2.31. The Hall–Kier alpha value is -1.23. The first-order chi connectivity index (χ1) is 6.93. The Bertz CT molecular complexity index is 452. The number of nitrogens with zero attached hydrogens (tertiary/aromatic N) is 2. The molecule has 1 saturated heterocycles. The topological polar surface area (TPSA) is 50.8 Å². The highest BCUT2D eigenvalue weighted by Gasteiger charge is 2.22. The molecule has 0 bridgehead atoms. The smallest absolute Gasteiger partial charge is 0.260 e. The third kappa shape index (κ3) is 1.24. The summed E-state index contributed by atoms with van der Waals surface area (Å²) in [7, 11) is 0. The van der Waals surface area contributed by atoms with Gasteiger partial charge in [-0.2, -0.15) is 0 Å². The predicted molar refractivity (Wildman–Crippen MR) is 55.4 cm³/mol. The molecule has 3 rings (SSSR count). The number of aromatic nitrogens is 3. The highest BCUT2D eigenvalue weighted by atomic mass is 32.2. The van der Waals surface area contributed by atoms with Crippen LogP contribution >= 0.6 is 11.8 Å². The molecule has 0 amide bonds. The molecule has 1 atom stereocenters. The number of ether oxygens (including phenoxy) is 1. The number of fused-ring (bicyclic) bond motifs is 1. The van der Waals surface area contributed by atoms with E-state index in [9.17, 15) is 0 Å². The van der Waals surface area contributed by atoms with Crippen LogP contribution in [0.15, 0.2) is 18.3 Å². The van der Waals surface area contributed by atoms with Crippen LogP contribution in [0, 0.1) is 0 Å². The van der Waals surface area contributed by atoms with E-state index in [2.05, 4.69) is 15.2 Å². The fourth-order valence-electron chi connectivity index (χ4n) is 1.34. The molecular weight excluding hydrogens is 198 g/mol. The monoisotopic (exact) mass is 207 g/mol. The van der Waals surface area contributed by atoms with Gasteiger partial charge in [0.25, 0.3) is 5.88 Å². The SMILES string of the molecule is c1cnc2c(OC3CCS3)n[nH]c2c1. The molecule has 1 fully saturated rings. The maximum Gasteiger partial charge on any atom is 0.260 e. The number of rotatable bonds is 2. The van der Waals surface area contributed by atoms with Crippen molar-refractivity contribution in [2.75, 3.05) is 5.75 Å². The van der Waals surface area contributed by atoms with Gasteiger partial charge in [-0.05, 0) is 12.1 Å². The molecule has 72 valence electrons. The van der Waals surface area contributed by atoms with Gasteiger partial charge in [-0.3, -0.25) is 5.10 Å². The zero-order valence-electron chi connectivity index (χ0n) is 7.43. The van der Waals surface area contributed by atoms with Crippen LogP contribution in [0.1, 0.15) is 6.42 Å². The number of hydrogen-bond donors (Lipinski definition) is 1. The van der Waals surface area contributed by atoms with Crippen LogP contribution in [0.25, 0.3) is 11.0 Å². The van der Waals surface area contributed by atoms with E-state index < -0.39 is 0 Å². The van der Waals surface area contributed by atoms with Crippen molar-refractivity contribution >= 4 is 22.8 Å². The average molecular weight is 207 g/mol. The minimum Gasteiger partial charge on any atom is -0.461 e. The normalized spacial score (nSPS) is 20.7. The van der Waals surface area contributed by atoms with E-state index in [-0.39, 0.29) is 5.44 Å². The molecule has 1 aliphatic rings. The summed E-state index contributed by atoms with van der Waals surface area (Å²) in [4.78, 5) is 4.22. The summed E-state index contributed by atoms with van der Waals surface area (Å²) < 4.78 is 5.66. The lowest BCUT2D eigenvalue weighted by Gasteiger charge is -2.24. The van der Waals surface area contributed by atoms with Crippen molar-refractivity contribution in [1.82, 2.24) is 15.2 Å². The zero-order chi connectivity index (χ0) is 9.38. The third-order valence-corrected chi connectivity index (χ3v) is 3.36. The Kier molecular flexibility index (Phi) is 1.83. The molecule has 1 aliphatic heterocycles. The van der Waals surface area contributed by atoms with E-state index in [1.54, 1.807) is 6.20 Å². The maximum absolute atomic E-state index is 5.66. The van der Waals surface area contributed by atoms with Crippen molar-refractivity contribution in [2.24, 2.45) is 0 Å². The standard InChI is InChI=1S/C9H9N3OS/c1-2-6-8(10-4-1)9(12-11-6)13-7-3-5-14-7/h1-2,4,7H,3,5H2,(H,11,12). The van der Waals surface area contributed by atoms with Crippen molar-refractivity contribution in [1.29, 1.82) is 0 Å². The van der Waals surface area contributed by atoms with Gasteiger partial charge in [0, 0.05) is 18.4 Å². The molecule has 0 aliphatic carbocycles. The molecule has 3 heterocycles. The number of H-pyrrole nitrogens is 1. The first kappa shape index (κ1) is 8.11. The summed E-state index contributed by atoms with van der Waals surface area (Å²) in [5, 5.41) is 6.99. The third-order valence-electron chi connectivity index (χ3n) is 2.19. The lowest BCUT2D eigenvalue weighted by atomic mass is 10.4. The van der Waals surface area contributed by atoms with Gasteiger partial charge in [-0.25, -0.2) is 4.98 Å². The fourth-order valence-corrected chi connectivity index (χ4v) is 1.93. The van der Waals surface area contributed by atoms with Gasteiger partial charge in [0.15, 0.2) is 5.52 Å². The van der Waals surface area contributed by atoms with E-state index in [0.29, 0.717) is 5.88 Å². The van der Waals surface area contributed by atoms with Gasteiger partial charge in [0.2, 0.25) is 0 Å². The predicted octanol–water partition coefficient (Wildman–Crippen LogP) is 1.80. The second-order valence-corrected chi connectivity index (χ2v) is 4.40. The lowest BCUT2D eigenvalue weighted by Crippen LogP contribution is -2.22. The van der Waals surface area contributed by atoms with Gasteiger partial charge in [-0.1, -0.05) is 0 Å². The fraction of sp³-hybridized carbons (Fsp3) is 0.333. The second kappa shape index (κ2) is 3.16. The minimum atomic E-state index is 0.267. The molecule has 0 spiro atoms. The van der Waals surface area contributed by atoms with Gasteiger partial charge >= 0.3 is 0 Å². The number of thioether (sulfide) groups is 1. The Morgan fingerprint density at radius 3 is 3.29 bits per heavy atom. The van der Waals surface area contributed by atoms with Gasteiger partial charge in [-0.15, -0.1) is 16.9 Å². The molecule has 4 nitrogen and oxygen atoms in total. The van der Waals surface area contributed by atoms with Crippen molar-refractivity contribution in [3.8, 4) is 5.88 Å². The minimum absolute atomic E-state index is 0.267. The summed E-state index contributed by atoms with van der Waals surface area (Å²) in [6.07, 6.45) is 2.85. The second-order valence-electron chi connectivity index (χ2n) is 3.14. The van der Waals surface area contributed by atoms with Crippen molar-refractivity contribution < 1.29 is 4.74 Å². The molecule has 1 unspecified atom stereocenters. The quantitative estimate of drug-likeness (QED) is 0.815. The first-order valence-electron chi connectivity index (χ1n) is 4.51. The lowest BCUT2D eigenvalue weighted by molar-refractivity contribution is 0.263. The van der Waals surface area contributed by atoms with Gasteiger partial charge < -0.3 is 4.74 Å². The summed E-state index contributed by atoms with van der Waals surface area (Å²) in [6, 6.07) is 3.82. The van der Waals surface area contributed by atoms with E-state index in [1.807, 2.05) is 23.9 Å². The number of nitrogens with one attached hydrogen (secondary N) is 1. The van der Waals surface area contributed by atoms with Crippen molar-refractivity contribution in [3.05, 3.63) is 18.3 Å². The Labute approximate surface area is 85.1 Å². The molecule has 14 heavy (non-hydrogen) atoms. The van der Waals surface area contributed by atoms with Crippen LogP contribution in [0.3, 0.4) is 0 Å². The van der Waals surface area contributed by atoms with Crippen molar-refractivity contribution in [2.45, 2.75) is 11.9 Å². The zero-order valence-corrected chi connectivity index (χ0v) is 8.25. The summed E-state index contributed by atoms with van der Waals surface area (Å²) in [5.74, 6) is 1.80. The Morgan fingerprint density at radius 2 is 2.50 bits per heavy atom. The molecule has 0 saturated carbocycles. The van der Waals surface area contributed by atoms with Crippen molar-refractivity contribution in [3.63, 3.8) is 0 Å². The van der Waals surface area contributed by atoms with Gasteiger partial charge in [0.1, 0.15) is 5.44 Å². The summed E-state index contributed by atoms with van der Waals surface area (Å²) >= 11 is 1.81. The molecular formula is C9H9N3OS. The maximum atomic E-state index is 5.66. The van der Waals surface area contributed by atoms with Gasteiger partial charge in [0.05, 0.1) is 5.52 Å². The molecule has 5 heteroatoms. The first-order valence-corrected chi connectivity index (χ1v) is 5.56. The summed E-state index contributed by atoms with van der Waals surface area (Å²) in [6.45, 7) is 0. The van der Waals surface area contributed by atoms with E-state index in [4.69, 9.17) is 4.74 Å². The van der Waals surface area contributed by atoms with Crippen LogP contribution < -0.4 is 4.74 Å². The molecule has 0 aromatic carbocycles. The molecule has 0 radical (unpaired) electrons. The highest BCUT2D eigenvalue weighted by molar-refractivity contribution is 8.01. The summed E-state index contributed by atoms with van der Waals surface area (Å²) in [5.41, 5.74) is 2.01. The number of pyridine rings is 1. The number of hydrogen-bond acceptors (Lipinski definition) is 4. The molecule has 2 aromatic heterocycles. The Balaban J connectivity index is 1.95. The largest absolute Gasteiger partial charge is 0.461 e. The Morgan fingerprint density at radius 1 is 1.57 bits per heavy atom.